The number of benzene rings is 1. The van der Waals surface area contributed by atoms with Crippen molar-refractivity contribution in [3.63, 3.8) is 0 Å². The molecule has 0 radical (unpaired) electrons. The number of fused-ring (bicyclic) bond motifs is 1. The quantitative estimate of drug-likeness (QED) is 0.245. The molecular weight excluding hydrogens is 400 g/mol. The highest BCUT2D eigenvalue weighted by Crippen LogP contribution is 2.33. The van der Waals surface area contributed by atoms with Gasteiger partial charge in [-0.25, -0.2) is 0 Å². The van der Waals surface area contributed by atoms with Gasteiger partial charge in [0.1, 0.15) is 6.61 Å². The second-order valence-corrected chi connectivity index (χ2v) is 8.49. The van der Waals surface area contributed by atoms with Crippen LogP contribution in [0.5, 0.6) is 11.5 Å². The Labute approximate surface area is 192 Å². The smallest absolute Gasteiger partial charge is 0.294 e. The van der Waals surface area contributed by atoms with Crippen LogP contribution in [-0.4, -0.2) is 24.7 Å². The van der Waals surface area contributed by atoms with Crippen LogP contribution in [-0.2, 0) is 0 Å². The second kappa shape index (κ2) is 13.7. The highest BCUT2D eigenvalue weighted by Gasteiger charge is 2.16. The summed E-state index contributed by atoms with van der Waals surface area (Å²) in [4.78, 5) is 15.8. The van der Waals surface area contributed by atoms with E-state index in [9.17, 15) is 4.79 Å². The number of allylic oxidation sites excluding steroid dienone is 3. The zero-order valence-corrected chi connectivity index (χ0v) is 20.5. The van der Waals surface area contributed by atoms with Gasteiger partial charge >= 0.3 is 0 Å². The Balaban J connectivity index is 2.25. The Bertz CT molecular complexity index is 969. The predicted molar refractivity (Wildman–Crippen MR) is 136 cm³/mol. The van der Waals surface area contributed by atoms with E-state index in [4.69, 9.17) is 9.47 Å². The van der Waals surface area contributed by atoms with Crippen molar-refractivity contribution in [1.29, 1.82) is 0 Å². The van der Waals surface area contributed by atoms with E-state index in [1.165, 1.54) is 24.0 Å². The maximum Gasteiger partial charge on any atom is 0.294 e. The molecule has 176 valence electrons. The van der Waals surface area contributed by atoms with Crippen molar-refractivity contribution < 1.29 is 9.47 Å². The van der Waals surface area contributed by atoms with Crippen molar-refractivity contribution in [3.8, 4) is 11.5 Å². The number of unbranched alkanes of at least 4 members (excludes halogenated alkanes) is 3. The summed E-state index contributed by atoms with van der Waals surface area (Å²) in [5.41, 5.74) is 4.06. The van der Waals surface area contributed by atoms with Crippen LogP contribution in [0.1, 0.15) is 73.1 Å². The van der Waals surface area contributed by atoms with Gasteiger partial charge in [0.2, 0.25) is 5.75 Å². The van der Waals surface area contributed by atoms with Crippen molar-refractivity contribution in [2.75, 3.05) is 25.1 Å². The first-order valence-corrected chi connectivity index (χ1v) is 11.9. The maximum absolute atomic E-state index is 12.8. The van der Waals surface area contributed by atoms with Crippen LogP contribution in [0.15, 0.2) is 46.3 Å². The number of aromatic nitrogens is 1. The largest absolute Gasteiger partial charge is 0.485 e. The van der Waals surface area contributed by atoms with Crippen molar-refractivity contribution in [2.45, 2.75) is 73.1 Å². The molecule has 2 rings (SSSR count). The molecule has 0 aliphatic rings. The number of rotatable bonds is 14. The van der Waals surface area contributed by atoms with E-state index in [0.717, 1.165) is 48.8 Å². The van der Waals surface area contributed by atoms with Gasteiger partial charge < -0.3 is 19.8 Å². The van der Waals surface area contributed by atoms with Crippen LogP contribution in [0.25, 0.3) is 10.9 Å². The number of pyridine rings is 1. The molecule has 1 heterocycles. The molecule has 2 aromatic rings. The average molecular weight is 441 g/mol. The Morgan fingerprint density at radius 1 is 1.03 bits per heavy atom. The number of ether oxygens (including phenoxy) is 2. The minimum atomic E-state index is -0.249. The van der Waals surface area contributed by atoms with Gasteiger partial charge in [-0.05, 0) is 71.2 Å². The molecule has 0 amide bonds. The third kappa shape index (κ3) is 8.10. The molecule has 0 fully saturated rings. The third-order valence-corrected chi connectivity index (χ3v) is 5.30. The first-order chi connectivity index (χ1) is 15.5. The number of hydrogen-bond acceptors (Lipinski definition) is 4. The lowest BCUT2D eigenvalue weighted by atomic mass is 10.1. The molecule has 1 aromatic carbocycles. The summed E-state index contributed by atoms with van der Waals surface area (Å²) in [6.45, 7) is 12.3. The summed E-state index contributed by atoms with van der Waals surface area (Å²) in [7, 11) is 0. The summed E-state index contributed by atoms with van der Waals surface area (Å²) in [5, 5.41) is 4.14. The molecule has 5 heteroatoms. The third-order valence-electron chi connectivity index (χ3n) is 5.30. The van der Waals surface area contributed by atoms with Crippen molar-refractivity contribution >= 4 is 16.6 Å². The number of hydrogen-bond donors (Lipinski definition) is 2. The Kier molecular flexibility index (Phi) is 10.9. The zero-order chi connectivity index (χ0) is 23.3. The van der Waals surface area contributed by atoms with E-state index in [0.29, 0.717) is 19.0 Å². The number of nitrogens with one attached hydrogen (secondary N) is 2. The van der Waals surface area contributed by atoms with E-state index >= 15 is 0 Å². The first kappa shape index (κ1) is 25.6. The Morgan fingerprint density at radius 2 is 1.84 bits per heavy atom. The summed E-state index contributed by atoms with van der Waals surface area (Å²) < 4.78 is 12.1. The Hall–Kier alpha value is -2.69. The second-order valence-electron chi connectivity index (χ2n) is 8.49. The van der Waals surface area contributed by atoms with Crippen molar-refractivity contribution in [2.24, 2.45) is 0 Å². The predicted octanol–water partition coefficient (Wildman–Crippen LogP) is 6.99. The van der Waals surface area contributed by atoms with E-state index in [2.05, 4.69) is 50.1 Å². The molecule has 0 unspecified atom stereocenters. The topological polar surface area (TPSA) is 63.4 Å². The molecule has 0 saturated carbocycles. The molecule has 0 aliphatic heterocycles. The van der Waals surface area contributed by atoms with E-state index in [-0.39, 0.29) is 11.3 Å². The van der Waals surface area contributed by atoms with Gasteiger partial charge in [-0.3, -0.25) is 4.79 Å². The summed E-state index contributed by atoms with van der Waals surface area (Å²) in [5.74, 6) is 0.802. The lowest BCUT2D eigenvalue weighted by Gasteiger charge is -2.15. The van der Waals surface area contributed by atoms with Crippen molar-refractivity contribution in [3.05, 3.63) is 51.9 Å². The fourth-order valence-corrected chi connectivity index (χ4v) is 3.50. The number of aromatic amines is 1. The molecule has 0 bridgehead atoms. The van der Waals surface area contributed by atoms with Gasteiger partial charge in [-0.1, -0.05) is 43.4 Å². The molecular formula is C27H40N2O3. The average Bonchev–Trinajstić information content (AvgIpc) is 2.74. The highest BCUT2D eigenvalue weighted by molar-refractivity contribution is 5.89. The van der Waals surface area contributed by atoms with E-state index in [1.54, 1.807) is 0 Å². The molecule has 32 heavy (non-hydrogen) atoms. The van der Waals surface area contributed by atoms with Crippen LogP contribution in [0.4, 0.5) is 5.69 Å². The van der Waals surface area contributed by atoms with Crippen LogP contribution in [0.2, 0.25) is 0 Å². The summed E-state index contributed by atoms with van der Waals surface area (Å²) in [6, 6.07) is 5.93. The van der Waals surface area contributed by atoms with Gasteiger partial charge in [-0.2, -0.15) is 0 Å². The van der Waals surface area contributed by atoms with Crippen LogP contribution >= 0.6 is 0 Å². The lowest BCUT2D eigenvalue weighted by Crippen LogP contribution is -2.15. The fourth-order valence-electron chi connectivity index (χ4n) is 3.50. The minimum Gasteiger partial charge on any atom is -0.485 e. The van der Waals surface area contributed by atoms with Gasteiger partial charge in [0.25, 0.3) is 5.56 Å². The van der Waals surface area contributed by atoms with E-state index < -0.39 is 0 Å². The standard InChI is InChI=1S/C27H40N2O3/c1-6-8-9-10-17-31-26-25(32-18-16-21(5)13-11-12-20(3)4)23-15-14-22(28-7-2)19-24(23)29-27(26)30/h12,14-16,19,28H,6-11,13,17-18H2,1-5H3,(H,29,30)/b21-16+. The van der Waals surface area contributed by atoms with Crippen LogP contribution in [0.3, 0.4) is 0 Å². The van der Waals surface area contributed by atoms with Gasteiger partial charge in [0, 0.05) is 17.6 Å². The maximum atomic E-state index is 12.8. The molecule has 1 aromatic heterocycles. The number of anilines is 1. The van der Waals surface area contributed by atoms with Gasteiger partial charge in [0.05, 0.1) is 12.1 Å². The zero-order valence-electron chi connectivity index (χ0n) is 20.5. The van der Waals surface area contributed by atoms with E-state index in [1.807, 2.05) is 25.1 Å². The summed E-state index contributed by atoms with van der Waals surface area (Å²) >= 11 is 0. The monoisotopic (exact) mass is 440 g/mol. The Morgan fingerprint density at radius 3 is 2.56 bits per heavy atom. The number of H-pyrrole nitrogens is 1. The van der Waals surface area contributed by atoms with Crippen LogP contribution in [0, 0.1) is 0 Å². The molecule has 0 saturated heterocycles. The first-order valence-electron chi connectivity index (χ1n) is 11.9. The van der Waals surface area contributed by atoms with Crippen LogP contribution < -0.4 is 20.3 Å². The lowest BCUT2D eigenvalue weighted by molar-refractivity contribution is 0.274. The van der Waals surface area contributed by atoms with Gasteiger partial charge in [0.15, 0.2) is 5.75 Å². The molecule has 0 spiro atoms. The molecule has 2 N–H and O–H groups in total. The minimum absolute atomic E-state index is 0.249. The SMILES string of the molecule is CCCCCCOc1c(OC/C=C(\C)CCC=C(C)C)c2ccc(NCC)cc2[nH]c1=O. The van der Waals surface area contributed by atoms with Crippen molar-refractivity contribution in [1.82, 2.24) is 4.98 Å². The normalized spacial score (nSPS) is 11.5. The summed E-state index contributed by atoms with van der Waals surface area (Å²) in [6.07, 6.45) is 10.7. The molecule has 0 aliphatic carbocycles. The molecule has 0 atom stereocenters. The van der Waals surface area contributed by atoms with Gasteiger partial charge in [-0.15, -0.1) is 0 Å². The molecule has 5 nitrogen and oxygen atoms in total. The fraction of sp³-hybridized carbons (Fsp3) is 0.519. The highest BCUT2D eigenvalue weighted by atomic mass is 16.5.